The zero-order chi connectivity index (χ0) is 25.5. The molecule has 0 spiro atoms. The van der Waals surface area contributed by atoms with Gasteiger partial charge in [0.1, 0.15) is 5.75 Å². The molecule has 0 aromatic heterocycles. The Labute approximate surface area is 211 Å². The normalized spacial score (nSPS) is 16.2. The van der Waals surface area contributed by atoms with Crippen LogP contribution in [0.5, 0.6) is 5.75 Å². The number of nitrogens with one attached hydrogen (secondary N) is 2. The highest BCUT2D eigenvalue weighted by Gasteiger charge is 2.25. The summed E-state index contributed by atoms with van der Waals surface area (Å²) in [6, 6.07) is 12.4. The molecule has 36 heavy (non-hydrogen) atoms. The van der Waals surface area contributed by atoms with Crippen LogP contribution in [0.2, 0.25) is 0 Å². The fraction of sp³-hybridized carbons (Fsp3) is 0.423. The first kappa shape index (κ1) is 25.3. The number of ether oxygens (including phenoxy) is 2. The van der Waals surface area contributed by atoms with Gasteiger partial charge < -0.3 is 34.8 Å². The number of carbonyl (C=O) groups excluding carboxylic acids is 3. The van der Waals surface area contributed by atoms with Gasteiger partial charge in [-0.15, -0.1) is 0 Å². The zero-order valence-electron chi connectivity index (χ0n) is 20.8. The van der Waals surface area contributed by atoms with Crippen molar-refractivity contribution in [1.29, 1.82) is 0 Å². The molecular weight excluding hydrogens is 462 g/mol. The van der Waals surface area contributed by atoms with Crippen LogP contribution in [0.15, 0.2) is 42.5 Å². The van der Waals surface area contributed by atoms with Crippen LogP contribution < -0.4 is 20.3 Å². The first-order valence-electron chi connectivity index (χ1n) is 12.2. The predicted molar refractivity (Wildman–Crippen MR) is 137 cm³/mol. The second-order valence-corrected chi connectivity index (χ2v) is 8.76. The maximum atomic E-state index is 13.3. The summed E-state index contributed by atoms with van der Waals surface area (Å²) in [6.45, 7) is 5.12. The third-order valence-electron chi connectivity index (χ3n) is 6.50. The SMILES string of the molecule is COC(=O)N1CCN(c2ccc(C(=O)N3CCCNCC3)cc2NC(=O)c2cccc(OC)c2)CC1. The van der Waals surface area contributed by atoms with Gasteiger partial charge in [-0.1, -0.05) is 6.07 Å². The van der Waals surface area contributed by atoms with Gasteiger partial charge in [-0.05, 0) is 49.4 Å². The molecule has 0 atom stereocenters. The molecule has 10 heteroatoms. The largest absolute Gasteiger partial charge is 0.497 e. The van der Waals surface area contributed by atoms with Crippen LogP contribution in [-0.2, 0) is 4.74 Å². The van der Waals surface area contributed by atoms with Crippen molar-refractivity contribution in [2.45, 2.75) is 6.42 Å². The van der Waals surface area contributed by atoms with Crippen molar-refractivity contribution in [1.82, 2.24) is 15.1 Å². The molecule has 2 heterocycles. The molecule has 10 nitrogen and oxygen atoms in total. The summed E-state index contributed by atoms with van der Waals surface area (Å²) in [6.07, 6.45) is 0.544. The summed E-state index contributed by atoms with van der Waals surface area (Å²) < 4.78 is 10.1. The molecule has 0 saturated carbocycles. The van der Waals surface area contributed by atoms with Gasteiger partial charge in [0.05, 0.1) is 25.6 Å². The fourth-order valence-electron chi connectivity index (χ4n) is 4.49. The number of anilines is 2. The third kappa shape index (κ3) is 5.88. The van der Waals surface area contributed by atoms with Crippen molar-refractivity contribution >= 4 is 29.3 Å². The van der Waals surface area contributed by atoms with Gasteiger partial charge >= 0.3 is 6.09 Å². The quantitative estimate of drug-likeness (QED) is 0.656. The van der Waals surface area contributed by atoms with Crippen molar-refractivity contribution in [3.8, 4) is 5.75 Å². The van der Waals surface area contributed by atoms with Crippen molar-refractivity contribution in [3.05, 3.63) is 53.6 Å². The lowest BCUT2D eigenvalue weighted by Crippen LogP contribution is -2.49. The van der Waals surface area contributed by atoms with E-state index in [9.17, 15) is 14.4 Å². The molecule has 2 saturated heterocycles. The summed E-state index contributed by atoms with van der Waals surface area (Å²) in [5.74, 6) is 0.227. The maximum absolute atomic E-state index is 13.3. The van der Waals surface area contributed by atoms with Crippen molar-refractivity contribution in [2.75, 3.05) is 76.8 Å². The molecule has 0 radical (unpaired) electrons. The van der Waals surface area contributed by atoms with E-state index in [-0.39, 0.29) is 17.9 Å². The Hall–Kier alpha value is -3.79. The van der Waals surface area contributed by atoms with Gasteiger partial charge in [-0.25, -0.2) is 4.79 Å². The van der Waals surface area contributed by atoms with E-state index >= 15 is 0 Å². The van der Waals surface area contributed by atoms with E-state index in [1.807, 2.05) is 17.0 Å². The second kappa shape index (κ2) is 11.8. The summed E-state index contributed by atoms with van der Waals surface area (Å²) in [4.78, 5) is 43.9. The monoisotopic (exact) mass is 495 g/mol. The van der Waals surface area contributed by atoms with Gasteiger partial charge in [0.15, 0.2) is 0 Å². The number of methoxy groups -OCH3 is 2. The number of piperazine rings is 1. The Bertz CT molecular complexity index is 1090. The van der Waals surface area contributed by atoms with E-state index in [0.29, 0.717) is 61.8 Å². The highest BCUT2D eigenvalue weighted by atomic mass is 16.5. The topological polar surface area (TPSA) is 103 Å². The molecule has 2 fully saturated rings. The van der Waals surface area contributed by atoms with Crippen molar-refractivity contribution in [2.24, 2.45) is 0 Å². The molecule has 0 bridgehead atoms. The van der Waals surface area contributed by atoms with Gasteiger partial charge in [-0.2, -0.15) is 0 Å². The Kier molecular flexibility index (Phi) is 8.27. The van der Waals surface area contributed by atoms with E-state index < -0.39 is 0 Å². The standard InChI is InChI=1S/C26H33N5O5/c1-35-21-6-3-5-19(17-21)24(32)28-22-18-20(25(33)30-11-4-9-27-10-12-30)7-8-23(22)29-13-15-31(16-14-29)26(34)36-2/h3,5-8,17-18,27H,4,9-16H2,1-2H3,(H,28,32). The van der Waals surface area contributed by atoms with E-state index in [1.165, 1.54) is 7.11 Å². The van der Waals surface area contributed by atoms with Gasteiger partial charge in [0.2, 0.25) is 0 Å². The number of hydrogen-bond donors (Lipinski definition) is 2. The lowest BCUT2D eigenvalue weighted by molar-refractivity contribution is 0.0766. The Balaban J connectivity index is 1.60. The minimum atomic E-state index is -0.353. The number of carbonyl (C=O) groups is 3. The predicted octanol–water partition coefficient (Wildman–Crippen LogP) is 2.27. The molecular formula is C26H33N5O5. The molecule has 4 rings (SSSR count). The van der Waals surface area contributed by atoms with Gasteiger partial charge in [0.25, 0.3) is 11.8 Å². The van der Waals surface area contributed by atoms with Crippen LogP contribution >= 0.6 is 0 Å². The maximum Gasteiger partial charge on any atom is 0.409 e. The minimum absolute atomic E-state index is 0.0577. The fourth-order valence-corrected chi connectivity index (χ4v) is 4.49. The smallest absolute Gasteiger partial charge is 0.409 e. The van der Waals surface area contributed by atoms with E-state index in [1.54, 1.807) is 42.3 Å². The molecule has 192 valence electrons. The molecule has 2 aromatic carbocycles. The number of benzene rings is 2. The molecule has 0 unspecified atom stereocenters. The third-order valence-corrected chi connectivity index (χ3v) is 6.50. The van der Waals surface area contributed by atoms with Gasteiger partial charge in [0, 0.05) is 56.9 Å². The number of hydrogen-bond acceptors (Lipinski definition) is 7. The average Bonchev–Trinajstić information content (AvgIpc) is 3.22. The van der Waals surface area contributed by atoms with Crippen LogP contribution in [0.4, 0.5) is 16.2 Å². The van der Waals surface area contributed by atoms with E-state index in [2.05, 4.69) is 15.5 Å². The second-order valence-electron chi connectivity index (χ2n) is 8.76. The van der Waals surface area contributed by atoms with Crippen molar-refractivity contribution < 1.29 is 23.9 Å². The highest BCUT2D eigenvalue weighted by molar-refractivity contribution is 6.07. The summed E-state index contributed by atoms with van der Waals surface area (Å²) in [5, 5.41) is 6.32. The lowest BCUT2D eigenvalue weighted by atomic mass is 10.1. The van der Waals surface area contributed by atoms with Crippen LogP contribution in [0.1, 0.15) is 27.1 Å². The number of rotatable bonds is 5. The first-order valence-corrected chi connectivity index (χ1v) is 12.2. The molecule has 2 aliphatic rings. The van der Waals surface area contributed by atoms with Crippen molar-refractivity contribution in [3.63, 3.8) is 0 Å². The molecule has 2 aromatic rings. The van der Waals surface area contributed by atoms with Crippen LogP contribution in [-0.4, -0.2) is 94.3 Å². The summed E-state index contributed by atoms with van der Waals surface area (Å²) in [5.41, 5.74) is 2.32. The summed E-state index contributed by atoms with van der Waals surface area (Å²) in [7, 11) is 2.92. The van der Waals surface area contributed by atoms with Crippen LogP contribution in [0.25, 0.3) is 0 Å². The first-order chi connectivity index (χ1) is 17.5. The zero-order valence-corrected chi connectivity index (χ0v) is 20.8. The molecule has 2 aliphatic heterocycles. The molecule has 0 aliphatic carbocycles. The summed E-state index contributed by atoms with van der Waals surface area (Å²) >= 11 is 0. The molecule has 2 N–H and O–H groups in total. The Morgan fingerprint density at radius 2 is 1.67 bits per heavy atom. The minimum Gasteiger partial charge on any atom is -0.497 e. The number of nitrogens with zero attached hydrogens (tertiary/aromatic N) is 3. The van der Waals surface area contributed by atoms with E-state index in [0.717, 1.165) is 25.2 Å². The molecule has 3 amide bonds. The van der Waals surface area contributed by atoms with Crippen LogP contribution in [0.3, 0.4) is 0 Å². The average molecular weight is 496 g/mol. The highest BCUT2D eigenvalue weighted by Crippen LogP contribution is 2.30. The Morgan fingerprint density at radius 1 is 0.861 bits per heavy atom. The van der Waals surface area contributed by atoms with Gasteiger partial charge in [-0.3, -0.25) is 9.59 Å². The number of amides is 3. The Morgan fingerprint density at radius 3 is 2.42 bits per heavy atom. The van der Waals surface area contributed by atoms with E-state index in [4.69, 9.17) is 9.47 Å². The lowest BCUT2D eigenvalue weighted by Gasteiger charge is -2.36. The van der Waals surface area contributed by atoms with Crippen LogP contribution in [0, 0.1) is 0 Å².